The van der Waals surface area contributed by atoms with Crippen LogP contribution >= 0.6 is 0 Å². The van der Waals surface area contributed by atoms with Gasteiger partial charge in [0.25, 0.3) is 0 Å². The third kappa shape index (κ3) is 6.40. The Hall–Kier alpha value is -1.12. The zero-order valence-corrected chi connectivity index (χ0v) is 9.58. The van der Waals surface area contributed by atoms with Gasteiger partial charge < -0.3 is 0 Å². The first-order valence-corrected chi connectivity index (χ1v) is 4.81. The van der Waals surface area contributed by atoms with Crippen molar-refractivity contribution in [2.24, 2.45) is 10.5 Å². The molecule has 0 saturated carbocycles. The minimum atomic E-state index is -0.0349. The van der Waals surface area contributed by atoms with Gasteiger partial charge in [-0.3, -0.25) is 4.79 Å². The molecule has 0 fully saturated rings. The summed E-state index contributed by atoms with van der Waals surface area (Å²) >= 11 is 0. The Morgan fingerprint density at radius 1 is 1.50 bits per heavy atom. The fourth-order valence-electron chi connectivity index (χ4n) is 0.753. The molecule has 3 heteroatoms. The van der Waals surface area contributed by atoms with E-state index >= 15 is 0 Å². The van der Waals surface area contributed by atoms with E-state index in [0.717, 1.165) is 6.42 Å². The molecular formula is C11H20N2O. The number of carbonyl (C=O) groups is 1. The number of hydrogen-bond acceptors (Lipinski definition) is 2. The van der Waals surface area contributed by atoms with Crippen molar-refractivity contribution in [3.05, 3.63) is 12.7 Å². The number of amides is 1. The summed E-state index contributed by atoms with van der Waals surface area (Å²) in [6.45, 7) is 11.9. The molecule has 0 rings (SSSR count). The van der Waals surface area contributed by atoms with Crippen molar-refractivity contribution in [2.75, 3.05) is 6.54 Å². The highest BCUT2D eigenvalue weighted by atomic mass is 16.2. The molecule has 0 aliphatic carbocycles. The molecule has 0 saturated heterocycles. The van der Waals surface area contributed by atoms with E-state index in [9.17, 15) is 4.79 Å². The number of nitrogens with zero attached hydrogens (tertiary/aromatic N) is 2. The Morgan fingerprint density at radius 3 is 2.43 bits per heavy atom. The Morgan fingerprint density at radius 2 is 2.07 bits per heavy atom. The molecule has 80 valence electrons. The van der Waals surface area contributed by atoms with Gasteiger partial charge in [-0.1, -0.05) is 26.8 Å². The van der Waals surface area contributed by atoms with Gasteiger partial charge in [-0.2, -0.15) is 5.10 Å². The topological polar surface area (TPSA) is 32.7 Å². The molecule has 0 unspecified atom stereocenters. The summed E-state index contributed by atoms with van der Waals surface area (Å²) in [5, 5.41) is 5.61. The van der Waals surface area contributed by atoms with Crippen LogP contribution in [0.3, 0.4) is 0 Å². The fourth-order valence-corrected chi connectivity index (χ4v) is 0.753. The molecule has 0 atom stereocenters. The average Bonchev–Trinajstić information content (AvgIpc) is 2.01. The summed E-state index contributed by atoms with van der Waals surface area (Å²) in [7, 11) is 0. The molecule has 0 bridgehead atoms. The number of hydrazone groups is 1. The lowest BCUT2D eigenvalue weighted by atomic mass is 9.99. The summed E-state index contributed by atoms with van der Waals surface area (Å²) < 4.78 is 0. The van der Waals surface area contributed by atoms with Crippen LogP contribution in [0.5, 0.6) is 0 Å². The number of carbonyl (C=O) groups excluding carboxylic acids is 1. The summed E-state index contributed by atoms with van der Waals surface area (Å²) in [6.07, 6.45) is 4.33. The van der Waals surface area contributed by atoms with Gasteiger partial charge in [0.05, 0.1) is 0 Å². The van der Waals surface area contributed by atoms with Gasteiger partial charge in [-0.25, -0.2) is 5.01 Å². The summed E-state index contributed by atoms with van der Waals surface area (Å²) in [6, 6.07) is 0. The zero-order valence-electron chi connectivity index (χ0n) is 9.58. The molecule has 0 aromatic carbocycles. The summed E-state index contributed by atoms with van der Waals surface area (Å²) in [5.41, 5.74) is 0.00186. The highest BCUT2D eigenvalue weighted by Gasteiger charge is 2.09. The quantitative estimate of drug-likeness (QED) is 0.386. The molecular weight excluding hydrogens is 176 g/mol. The first-order chi connectivity index (χ1) is 6.37. The lowest BCUT2D eigenvalue weighted by Crippen LogP contribution is -2.25. The predicted octanol–water partition coefficient (Wildman–Crippen LogP) is 2.44. The van der Waals surface area contributed by atoms with Gasteiger partial charge in [0, 0.05) is 19.7 Å². The van der Waals surface area contributed by atoms with Gasteiger partial charge in [-0.15, -0.1) is 6.58 Å². The van der Waals surface area contributed by atoms with E-state index in [1.807, 2.05) is 20.8 Å². The van der Waals surface area contributed by atoms with Gasteiger partial charge in [0.15, 0.2) is 0 Å². The highest BCUT2D eigenvalue weighted by molar-refractivity contribution is 5.75. The molecule has 0 aliphatic rings. The molecule has 0 aromatic heterocycles. The SMILES string of the molecule is C=CCCN(N=CC(C)(C)C)C(C)=O. The highest BCUT2D eigenvalue weighted by Crippen LogP contribution is 2.09. The van der Waals surface area contributed by atoms with E-state index < -0.39 is 0 Å². The maximum absolute atomic E-state index is 11.1. The minimum Gasteiger partial charge on any atom is -0.273 e. The first kappa shape index (κ1) is 12.9. The van der Waals surface area contributed by atoms with Gasteiger partial charge >= 0.3 is 0 Å². The molecule has 0 aromatic rings. The maximum atomic E-state index is 11.1. The van der Waals surface area contributed by atoms with Crippen molar-refractivity contribution in [2.45, 2.75) is 34.1 Å². The van der Waals surface area contributed by atoms with Gasteiger partial charge in [-0.05, 0) is 11.8 Å². The van der Waals surface area contributed by atoms with E-state index in [-0.39, 0.29) is 11.3 Å². The lowest BCUT2D eigenvalue weighted by molar-refractivity contribution is -0.128. The molecule has 0 radical (unpaired) electrons. The monoisotopic (exact) mass is 196 g/mol. The smallest absolute Gasteiger partial charge is 0.239 e. The Kier molecular flexibility index (Phi) is 5.13. The van der Waals surface area contributed by atoms with Crippen LogP contribution in [0.15, 0.2) is 17.8 Å². The standard InChI is InChI=1S/C11H20N2O/c1-6-7-8-13(10(2)14)12-9-11(3,4)5/h6,9H,1,7-8H2,2-5H3. The second-order valence-electron chi connectivity index (χ2n) is 4.33. The minimum absolute atomic E-state index is 0.00186. The molecule has 3 nitrogen and oxygen atoms in total. The number of hydrogen-bond donors (Lipinski definition) is 0. The van der Waals surface area contributed by atoms with Crippen LogP contribution in [-0.4, -0.2) is 23.7 Å². The van der Waals surface area contributed by atoms with Crippen molar-refractivity contribution < 1.29 is 4.79 Å². The first-order valence-electron chi connectivity index (χ1n) is 4.81. The molecule has 1 amide bonds. The van der Waals surface area contributed by atoms with Gasteiger partial charge in [0.2, 0.25) is 5.91 Å². The summed E-state index contributed by atoms with van der Waals surface area (Å²) in [5.74, 6) is -0.0349. The second kappa shape index (κ2) is 5.58. The van der Waals surface area contributed by atoms with E-state index in [0.29, 0.717) is 6.54 Å². The number of rotatable bonds is 4. The third-order valence-corrected chi connectivity index (χ3v) is 1.49. The van der Waals surface area contributed by atoms with Crippen LogP contribution < -0.4 is 0 Å². The van der Waals surface area contributed by atoms with Crippen molar-refractivity contribution in [3.8, 4) is 0 Å². The van der Waals surface area contributed by atoms with Crippen LogP contribution in [0.1, 0.15) is 34.1 Å². The molecule has 0 heterocycles. The maximum Gasteiger partial charge on any atom is 0.239 e. The summed E-state index contributed by atoms with van der Waals surface area (Å²) in [4.78, 5) is 11.1. The molecule has 0 N–H and O–H groups in total. The molecule has 14 heavy (non-hydrogen) atoms. The van der Waals surface area contributed by atoms with Crippen molar-refractivity contribution in [3.63, 3.8) is 0 Å². The molecule has 0 spiro atoms. The van der Waals surface area contributed by atoms with Gasteiger partial charge in [0.1, 0.15) is 0 Å². The third-order valence-electron chi connectivity index (χ3n) is 1.49. The van der Waals surface area contributed by atoms with E-state index in [4.69, 9.17) is 0 Å². The zero-order chi connectivity index (χ0) is 11.2. The van der Waals surface area contributed by atoms with Crippen LogP contribution in [-0.2, 0) is 4.79 Å². The molecule has 0 aliphatic heterocycles. The van der Waals surface area contributed by atoms with Crippen LogP contribution in [0.4, 0.5) is 0 Å². The lowest BCUT2D eigenvalue weighted by Gasteiger charge is -2.17. The Labute approximate surface area is 86.5 Å². The van der Waals surface area contributed by atoms with Crippen molar-refractivity contribution >= 4 is 12.1 Å². The Balaban J connectivity index is 4.30. The largest absolute Gasteiger partial charge is 0.273 e. The van der Waals surface area contributed by atoms with Crippen LogP contribution in [0, 0.1) is 5.41 Å². The van der Waals surface area contributed by atoms with Crippen molar-refractivity contribution in [1.82, 2.24) is 5.01 Å². The van der Waals surface area contributed by atoms with Crippen LogP contribution in [0.25, 0.3) is 0 Å². The fraction of sp³-hybridized carbons (Fsp3) is 0.636. The second-order valence-corrected chi connectivity index (χ2v) is 4.33. The van der Waals surface area contributed by atoms with E-state index in [2.05, 4.69) is 11.7 Å². The predicted molar refractivity (Wildman–Crippen MR) is 60.1 cm³/mol. The van der Waals surface area contributed by atoms with Crippen molar-refractivity contribution in [1.29, 1.82) is 0 Å². The van der Waals surface area contributed by atoms with E-state index in [1.54, 1.807) is 12.3 Å². The average molecular weight is 196 g/mol. The van der Waals surface area contributed by atoms with E-state index in [1.165, 1.54) is 11.9 Å². The van der Waals surface area contributed by atoms with Crippen LogP contribution in [0.2, 0.25) is 0 Å². The Bertz CT molecular complexity index is 226. The normalized spacial score (nSPS) is 11.7.